The van der Waals surface area contributed by atoms with E-state index < -0.39 is 12.2 Å². The van der Waals surface area contributed by atoms with Gasteiger partial charge in [0, 0.05) is 25.2 Å². The second-order valence-electron chi connectivity index (χ2n) is 11.0. The molecule has 38 heavy (non-hydrogen) atoms. The van der Waals surface area contributed by atoms with Gasteiger partial charge in [-0.2, -0.15) is 0 Å². The molecule has 210 valence electrons. The number of carbonyl (C=O) groups is 3. The molecule has 2 saturated heterocycles. The first-order chi connectivity index (χ1) is 18.2. The fraction of sp³-hybridized carbons (Fsp3) is 0.645. The molecule has 0 aliphatic carbocycles. The van der Waals surface area contributed by atoms with Crippen molar-refractivity contribution in [1.29, 1.82) is 0 Å². The molecule has 0 saturated carbocycles. The molecule has 0 spiro atoms. The highest BCUT2D eigenvalue weighted by molar-refractivity contribution is 5.81. The van der Waals surface area contributed by atoms with Crippen molar-refractivity contribution in [2.45, 2.75) is 109 Å². The van der Waals surface area contributed by atoms with E-state index in [1.54, 1.807) is 0 Å². The van der Waals surface area contributed by atoms with Gasteiger partial charge in [-0.1, -0.05) is 55.9 Å². The van der Waals surface area contributed by atoms with Gasteiger partial charge in [0.05, 0.1) is 44.4 Å². The van der Waals surface area contributed by atoms with E-state index in [-0.39, 0.29) is 61.2 Å². The van der Waals surface area contributed by atoms with Gasteiger partial charge in [-0.15, -0.1) is 0 Å². The highest BCUT2D eigenvalue weighted by atomic mass is 16.6. The van der Waals surface area contributed by atoms with E-state index >= 15 is 0 Å². The van der Waals surface area contributed by atoms with Crippen LogP contribution < -0.4 is 0 Å². The lowest BCUT2D eigenvalue weighted by molar-refractivity contribution is -0.158. The molecule has 0 radical (unpaired) electrons. The third-order valence-electron chi connectivity index (χ3n) is 7.37. The average Bonchev–Trinajstić information content (AvgIpc) is 2.85. The minimum Gasteiger partial charge on any atom is -0.469 e. The van der Waals surface area contributed by atoms with Gasteiger partial charge in [0.2, 0.25) is 0 Å². The maximum Gasteiger partial charge on any atom is 0.309 e. The van der Waals surface area contributed by atoms with Gasteiger partial charge >= 0.3 is 11.9 Å². The van der Waals surface area contributed by atoms with Crippen molar-refractivity contribution >= 4 is 17.7 Å². The van der Waals surface area contributed by atoms with Gasteiger partial charge < -0.3 is 18.9 Å². The second kappa shape index (κ2) is 15.2. The molecule has 3 heterocycles. The van der Waals surface area contributed by atoms with E-state index in [0.29, 0.717) is 18.8 Å². The fourth-order valence-corrected chi connectivity index (χ4v) is 5.33. The third-order valence-corrected chi connectivity index (χ3v) is 7.37. The van der Waals surface area contributed by atoms with E-state index in [2.05, 4.69) is 23.8 Å². The summed E-state index contributed by atoms with van der Waals surface area (Å²) < 4.78 is 23.2. The first kappa shape index (κ1) is 30.0. The normalized spacial score (nSPS) is 34.7. The lowest BCUT2D eigenvalue weighted by Crippen LogP contribution is -2.39. The second-order valence-corrected chi connectivity index (χ2v) is 11.0. The molecule has 4 bridgehead atoms. The van der Waals surface area contributed by atoms with E-state index in [1.165, 1.54) is 7.11 Å². The zero-order valence-corrected chi connectivity index (χ0v) is 23.3. The zero-order chi connectivity index (χ0) is 27.5. The van der Waals surface area contributed by atoms with Crippen molar-refractivity contribution in [3.8, 4) is 0 Å². The largest absolute Gasteiger partial charge is 0.469 e. The summed E-state index contributed by atoms with van der Waals surface area (Å²) >= 11 is 0. The number of ketones is 1. The minimum atomic E-state index is -0.464. The number of esters is 2. The molecule has 0 aromatic rings. The number of allylic oxidation sites excluding steroid dienone is 5. The Morgan fingerprint density at radius 1 is 0.947 bits per heavy atom. The van der Waals surface area contributed by atoms with E-state index in [0.717, 1.165) is 31.3 Å². The summed E-state index contributed by atoms with van der Waals surface area (Å²) in [5, 5.41) is 0. The van der Waals surface area contributed by atoms with Gasteiger partial charge in [-0.3, -0.25) is 14.4 Å². The Bertz CT molecular complexity index is 931. The van der Waals surface area contributed by atoms with Crippen molar-refractivity contribution in [2.75, 3.05) is 7.11 Å². The maximum absolute atomic E-state index is 12.9. The molecule has 0 amide bonds. The van der Waals surface area contributed by atoms with Crippen molar-refractivity contribution in [2.24, 2.45) is 11.8 Å². The Labute approximate surface area is 227 Å². The highest BCUT2D eigenvalue weighted by Crippen LogP contribution is 2.31. The molecule has 3 aliphatic rings. The molecule has 3 rings (SSSR count). The molecular formula is C31H44O7. The van der Waals surface area contributed by atoms with Crippen molar-refractivity contribution in [1.82, 2.24) is 0 Å². The van der Waals surface area contributed by atoms with Crippen LogP contribution in [0, 0.1) is 11.8 Å². The lowest BCUT2D eigenvalue weighted by Gasteiger charge is -2.36. The van der Waals surface area contributed by atoms with Gasteiger partial charge in [0.15, 0.2) is 0 Å². The van der Waals surface area contributed by atoms with Crippen LogP contribution in [0.5, 0.6) is 0 Å². The Kier molecular flexibility index (Phi) is 12.0. The molecule has 3 aliphatic heterocycles. The van der Waals surface area contributed by atoms with Gasteiger partial charge in [-0.25, -0.2) is 0 Å². The summed E-state index contributed by atoms with van der Waals surface area (Å²) in [6.07, 6.45) is 18.5. The van der Waals surface area contributed by atoms with Gasteiger partial charge in [-0.05, 0) is 44.6 Å². The number of hydrogen-bond acceptors (Lipinski definition) is 7. The van der Waals surface area contributed by atoms with Crippen LogP contribution in [0.15, 0.2) is 48.1 Å². The molecular weight excluding hydrogens is 484 g/mol. The van der Waals surface area contributed by atoms with Crippen LogP contribution in [0.1, 0.15) is 78.6 Å². The van der Waals surface area contributed by atoms with Crippen LogP contribution in [-0.2, 0) is 33.3 Å². The van der Waals surface area contributed by atoms with Crippen LogP contribution in [0.3, 0.4) is 0 Å². The molecule has 7 nitrogen and oxygen atoms in total. The fourth-order valence-electron chi connectivity index (χ4n) is 5.33. The number of ether oxygens (including phenoxy) is 4. The van der Waals surface area contributed by atoms with E-state index in [4.69, 9.17) is 14.2 Å². The molecule has 0 unspecified atom stereocenters. The third kappa shape index (κ3) is 10.3. The SMILES string of the molecule is COC(=O)C/C(C)=C/C=C\C=C\[C@@H]1OC(=O)C[C@@H]2CC(=O)C[C@H](C[C@@H]3CCC[C@H](C[C@@H](C)/C=C/[C@@H]1C)O3)O2. The highest BCUT2D eigenvalue weighted by Gasteiger charge is 2.34. The van der Waals surface area contributed by atoms with Crippen LogP contribution in [0.25, 0.3) is 0 Å². The lowest BCUT2D eigenvalue weighted by atomic mass is 9.91. The molecule has 0 N–H and O–H groups in total. The summed E-state index contributed by atoms with van der Waals surface area (Å²) in [6, 6.07) is 0. The standard InChI is InChI=1S/C31H44O7/c1-21(16-30(33)35-4)9-6-5-7-12-29-23(3)14-13-22(2)15-25-10-8-11-26(36-25)19-27-17-24(32)18-28(37-27)20-31(34)38-29/h5-7,9,12-14,22-23,25-29H,8,10-11,15-20H2,1-4H3/b6-5-,12-7+,14-13+,21-9+/t22-,23-,25+,26-,27+,28-,29-/m0/s1. The number of methoxy groups -OCH3 is 1. The number of Topliss-reactive ketones (excluding diaryl/α,β-unsaturated/α-hetero) is 1. The zero-order valence-electron chi connectivity index (χ0n) is 23.3. The summed E-state index contributed by atoms with van der Waals surface area (Å²) in [6.45, 7) is 6.09. The molecule has 0 aromatic carbocycles. The van der Waals surface area contributed by atoms with Crippen LogP contribution in [-0.4, -0.2) is 55.4 Å². The van der Waals surface area contributed by atoms with Crippen LogP contribution in [0.4, 0.5) is 0 Å². The van der Waals surface area contributed by atoms with Crippen molar-refractivity contribution in [3.63, 3.8) is 0 Å². The summed E-state index contributed by atoms with van der Waals surface area (Å²) in [5.41, 5.74) is 0.886. The van der Waals surface area contributed by atoms with Gasteiger partial charge in [0.25, 0.3) is 0 Å². The number of carbonyl (C=O) groups excluding carboxylic acids is 3. The van der Waals surface area contributed by atoms with Crippen molar-refractivity contribution in [3.05, 3.63) is 48.1 Å². The quantitative estimate of drug-likeness (QED) is 0.261. The average molecular weight is 529 g/mol. The smallest absolute Gasteiger partial charge is 0.309 e. The molecule has 2 fully saturated rings. The monoisotopic (exact) mass is 528 g/mol. The summed E-state index contributed by atoms with van der Waals surface area (Å²) in [5.74, 6) is -0.230. The first-order valence-electron chi connectivity index (χ1n) is 14.0. The first-order valence-corrected chi connectivity index (χ1v) is 14.0. The number of fused-ring (bicyclic) bond motifs is 4. The Morgan fingerprint density at radius 3 is 2.42 bits per heavy atom. The molecule has 7 atom stereocenters. The van der Waals surface area contributed by atoms with E-state index in [9.17, 15) is 14.4 Å². The predicted octanol–water partition coefficient (Wildman–Crippen LogP) is 5.59. The van der Waals surface area contributed by atoms with E-state index in [1.807, 2.05) is 44.2 Å². The summed E-state index contributed by atoms with van der Waals surface area (Å²) in [7, 11) is 1.37. The Morgan fingerprint density at radius 2 is 1.66 bits per heavy atom. The topological polar surface area (TPSA) is 88.1 Å². The Balaban J connectivity index is 1.73. The minimum absolute atomic E-state index is 0.0442. The maximum atomic E-state index is 12.9. The Hall–Kier alpha value is -2.51. The number of hydrogen-bond donors (Lipinski definition) is 0. The summed E-state index contributed by atoms with van der Waals surface area (Å²) in [4.78, 5) is 36.8. The number of rotatable bonds is 5. The predicted molar refractivity (Wildman–Crippen MR) is 145 cm³/mol. The van der Waals surface area contributed by atoms with Crippen molar-refractivity contribution < 1.29 is 33.3 Å². The molecule has 7 heteroatoms. The van der Waals surface area contributed by atoms with Gasteiger partial charge in [0.1, 0.15) is 11.9 Å². The number of cyclic esters (lactones) is 1. The molecule has 0 aromatic heterocycles. The van der Waals surface area contributed by atoms with Crippen LogP contribution in [0.2, 0.25) is 0 Å². The van der Waals surface area contributed by atoms with Crippen LogP contribution >= 0.6 is 0 Å².